The van der Waals surface area contributed by atoms with Crippen LogP contribution in [0.25, 0.3) is 0 Å². The summed E-state index contributed by atoms with van der Waals surface area (Å²) in [5, 5.41) is 3.46. The molecule has 2 rings (SSSR count). The molecule has 1 saturated heterocycles. The van der Waals surface area contributed by atoms with Gasteiger partial charge in [0.1, 0.15) is 5.82 Å². The zero-order chi connectivity index (χ0) is 12.3. The van der Waals surface area contributed by atoms with Crippen LogP contribution in [0, 0.1) is 5.82 Å². The quantitative estimate of drug-likeness (QED) is 0.872. The minimum Gasteiger partial charge on any atom is -0.367 e. The fourth-order valence-electron chi connectivity index (χ4n) is 2.31. The summed E-state index contributed by atoms with van der Waals surface area (Å²) in [5.74, 6) is -0.199. The Kier molecular flexibility index (Phi) is 4.13. The van der Waals surface area contributed by atoms with E-state index in [1.54, 1.807) is 0 Å². The van der Waals surface area contributed by atoms with E-state index in [1.165, 1.54) is 12.1 Å². The molecule has 0 amide bonds. The predicted molar refractivity (Wildman–Crippen MR) is 66.4 cm³/mol. The number of ether oxygens (including phenoxy) is 1. The van der Waals surface area contributed by atoms with E-state index in [0.29, 0.717) is 0 Å². The second-order valence-electron chi connectivity index (χ2n) is 4.72. The van der Waals surface area contributed by atoms with E-state index in [4.69, 9.17) is 4.74 Å². The van der Waals surface area contributed by atoms with E-state index in [2.05, 4.69) is 19.2 Å². The van der Waals surface area contributed by atoms with Crippen molar-refractivity contribution >= 4 is 0 Å². The molecule has 0 aliphatic carbocycles. The number of nitrogens with one attached hydrogen (secondary N) is 1. The van der Waals surface area contributed by atoms with Gasteiger partial charge in [0.2, 0.25) is 0 Å². The van der Waals surface area contributed by atoms with E-state index in [1.807, 2.05) is 12.1 Å². The minimum atomic E-state index is -0.199. The smallest absolute Gasteiger partial charge is 0.123 e. The Morgan fingerprint density at radius 3 is 2.71 bits per heavy atom. The lowest BCUT2D eigenvalue weighted by molar-refractivity contribution is -0.0644. The van der Waals surface area contributed by atoms with Gasteiger partial charge in [0.05, 0.1) is 12.2 Å². The fourth-order valence-corrected chi connectivity index (χ4v) is 2.31. The van der Waals surface area contributed by atoms with E-state index in [9.17, 15) is 4.39 Å². The van der Waals surface area contributed by atoms with E-state index in [-0.39, 0.29) is 24.1 Å². The van der Waals surface area contributed by atoms with Gasteiger partial charge in [0, 0.05) is 12.6 Å². The Balaban J connectivity index is 2.09. The van der Waals surface area contributed by atoms with Crippen molar-refractivity contribution < 1.29 is 9.13 Å². The van der Waals surface area contributed by atoms with Crippen LogP contribution < -0.4 is 5.32 Å². The minimum absolute atomic E-state index is 0.0286. The summed E-state index contributed by atoms with van der Waals surface area (Å²) >= 11 is 0. The predicted octanol–water partition coefficient (Wildman–Crippen LogP) is 3.04. The van der Waals surface area contributed by atoms with Crippen LogP contribution in [0.5, 0.6) is 0 Å². The number of hydrogen-bond acceptors (Lipinski definition) is 2. The molecule has 3 heteroatoms. The first-order chi connectivity index (χ1) is 8.20. The third kappa shape index (κ3) is 3.05. The number of benzene rings is 1. The summed E-state index contributed by atoms with van der Waals surface area (Å²) in [6.07, 6.45) is 2.49. The van der Waals surface area contributed by atoms with E-state index >= 15 is 0 Å². The standard InChI is InChI=1S/C14H20FNO/c1-3-4-13-9-16-10(2)14(17-13)11-5-7-12(15)8-6-11/h5-8,10,13-14,16H,3-4,9H2,1-2H3. The van der Waals surface area contributed by atoms with Crippen molar-refractivity contribution in [3.63, 3.8) is 0 Å². The Bertz CT molecular complexity index is 352. The van der Waals surface area contributed by atoms with Crippen LogP contribution in [0.4, 0.5) is 4.39 Å². The van der Waals surface area contributed by atoms with Gasteiger partial charge in [-0.1, -0.05) is 25.5 Å². The third-order valence-electron chi connectivity index (χ3n) is 3.27. The van der Waals surface area contributed by atoms with Gasteiger partial charge < -0.3 is 10.1 Å². The van der Waals surface area contributed by atoms with Crippen molar-refractivity contribution in [2.45, 2.75) is 44.9 Å². The lowest BCUT2D eigenvalue weighted by Crippen LogP contribution is -2.46. The second-order valence-corrected chi connectivity index (χ2v) is 4.72. The maximum absolute atomic E-state index is 12.9. The van der Waals surface area contributed by atoms with Crippen LogP contribution >= 0.6 is 0 Å². The van der Waals surface area contributed by atoms with Crippen molar-refractivity contribution in [3.8, 4) is 0 Å². The number of hydrogen-bond donors (Lipinski definition) is 1. The maximum Gasteiger partial charge on any atom is 0.123 e. The van der Waals surface area contributed by atoms with Gasteiger partial charge in [-0.15, -0.1) is 0 Å². The number of rotatable bonds is 3. The Morgan fingerprint density at radius 2 is 2.06 bits per heavy atom. The zero-order valence-electron chi connectivity index (χ0n) is 10.4. The first-order valence-corrected chi connectivity index (χ1v) is 6.35. The molecule has 94 valence electrons. The molecule has 17 heavy (non-hydrogen) atoms. The second kappa shape index (κ2) is 5.61. The van der Waals surface area contributed by atoms with Gasteiger partial charge in [0.25, 0.3) is 0 Å². The molecule has 1 aromatic carbocycles. The van der Waals surface area contributed by atoms with Crippen LogP contribution in [0.2, 0.25) is 0 Å². The van der Waals surface area contributed by atoms with E-state index in [0.717, 1.165) is 24.9 Å². The molecule has 0 spiro atoms. The Hall–Kier alpha value is -0.930. The van der Waals surface area contributed by atoms with Crippen molar-refractivity contribution in [3.05, 3.63) is 35.6 Å². The molecule has 0 aromatic heterocycles. The summed E-state index contributed by atoms with van der Waals surface area (Å²) in [5.41, 5.74) is 1.05. The lowest BCUT2D eigenvalue weighted by atomic mass is 10.00. The van der Waals surface area contributed by atoms with E-state index < -0.39 is 0 Å². The first kappa shape index (κ1) is 12.5. The molecule has 1 aliphatic heterocycles. The molecule has 0 radical (unpaired) electrons. The normalized spacial score (nSPS) is 29.2. The van der Waals surface area contributed by atoms with Crippen molar-refractivity contribution in [1.29, 1.82) is 0 Å². The highest BCUT2D eigenvalue weighted by molar-refractivity contribution is 5.20. The van der Waals surface area contributed by atoms with Gasteiger partial charge in [0.15, 0.2) is 0 Å². The van der Waals surface area contributed by atoms with Crippen LogP contribution in [-0.4, -0.2) is 18.7 Å². The molecule has 1 aromatic rings. The molecule has 1 fully saturated rings. The van der Waals surface area contributed by atoms with Crippen molar-refractivity contribution in [2.75, 3.05) is 6.54 Å². The summed E-state index contributed by atoms with van der Waals surface area (Å²) in [6, 6.07) is 6.89. The highest BCUT2D eigenvalue weighted by Gasteiger charge is 2.28. The van der Waals surface area contributed by atoms with Gasteiger partial charge in [-0.2, -0.15) is 0 Å². The lowest BCUT2D eigenvalue weighted by Gasteiger charge is -2.36. The van der Waals surface area contributed by atoms with Gasteiger partial charge in [-0.05, 0) is 31.0 Å². The number of halogens is 1. The average molecular weight is 237 g/mol. The summed E-state index contributed by atoms with van der Waals surface area (Å²) < 4.78 is 19.0. The largest absolute Gasteiger partial charge is 0.367 e. The summed E-state index contributed by atoms with van der Waals surface area (Å²) in [6.45, 7) is 5.18. The molecule has 0 bridgehead atoms. The SMILES string of the molecule is CCCC1CNC(C)C(c2ccc(F)cc2)O1. The summed E-state index contributed by atoms with van der Waals surface area (Å²) in [4.78, 5) is 0. The van der Waals surface area contributed by atoms with Crippen LogP contribution in [0.1, 0.15) is 38.4 Å². The highest BCUT2D eigenvalue weighted by Crippen LogP contribution is 2.27. The molecule has 1 aliphatic rings. The monoisotopic (exact) mass is 237 g/mol. The van der Waals surface area contributed by atoms with Gasteiger partial charge in [-0.3, -0.25) is 0 Å². The van der Waals surface area contributed by atoms with Crippen LogP contribution in [0.15, 0.2) is 24.3 Å². The number of morpholine rings is 1. The molecule has 1 heterocycles. The van der Waals surface area contributed by atoms with Gasteiger partial charge >= 0.3 is 0 Å². The molecular formula is C14H20FNO. The Morgan fingerprint density at radius 1 is 1.35 bits per heavy atom. The fraction of sp³-hybridized carbons (Fsp3) is 0.571. The van der Waals surface area contributed by atoms with Crippen molar-refractivity contribution in [1.82, 2.24) is 5.32 Å². The van der Waals surface area contributed by atoms with Gasteiger partial charge in [-0.25, -0.2) is 4.39 Å². The zero-order valence-corrected chi connectivity index (χ0v) is 10.4. The van der Waals surface area contributed by atoms with Crippen molar-refractivity contribution in [2.24, 2.45) is 0 Å². The van der Waals surface area contributed by atoms with Crippen LogP contribution in [0.3, 0.4) is 0 Å². The molecule has 0 saturated carbocycles. The molecule has 3 unspecified atom stereocenters. The van der Waals surface area contributed by atoms with Crippen LogP contribution in [-0.2, 0) is 4.74 Å². The molecule has 2 nitrogen and oxygen atoms in total. The first-order valence-electron chi connectivity index (χ1n) is 6.35. The molecular weight excluding hydrogens is 217 g/mol. The summed E-state index contributed by atoms with van der Waals surface area (Å²) in [7, 11) is 0. The molecule has 3 atom stereocenters. The average Bonchev–Trinajstić information content (AvgIpc) is 2.33. The topological polar surface area (TPSA) is 21.3 Å². The highest BCUT2D eigenvalue weighted by atomic mass is 19.1. The third-order valence-corrected chi connectivity index (χ3v) is 3.27. The molecule has 1 N–H and O–H groups in total. The maximum atomic E-state index is 12.9. The Labute approximate surface area is 102 Å².